The van der Waals surface area contributed by atoms with Gasteiger partial charge < -0.3 is 4.74 Å². The minimum absolute atomic E-state index is 0.792. The van der Waals surface area contributed by atoms with Crippen molar-refractivity contribution in [1.82, 2.24) is 0 Å². The van der Waals surface area contributed by atoms with Crippen LogP contribution in [0.25, 0.3) is 0 Å². The molecule has 29 heavy (non-hydrogen) atoms. The Labute approximate surface area is 147 Å². The van der Waals surface area contributed by atoms with E-state index < -0.39 is 66.8 Å². The summed E-state index contributed by atoms with van der Waals surface area (Å²) in [5.74, 6) is -55.9. The number of hydrogen-bond acceptors (Lipinski definition) is 1. The summed E-state index contributed by atoms with van der Waals surface area (Å²) in [6.45, 7) is -0.792. The smallest absolute Gasteiger partial charge is 0.373 e. The van der Waals surface area contributed by atoms with E-state index in [-0.39, 0.29) is 0 Å². The molecule has 0 aromatic heterocycles. The van der Waals surface area contributed by atoms with Gasteiger partial charge in [-0.1, -0.05) is 0 Å². The Morgan fingerprint density at radius 1 is 0.483 bits per heavy atom. The summed E-state index contributed by atoms with van der Waals surface area (Å²) < 4.78 is 223. The molecule has 1 rings (SSSR count). The Bertz CT molecular complexity index is 613. The van der Waals surface area contributed by atoms with Gasteiger partial charge in [-0.2, -0.15) is 74.6 Å². The summed E-state index contributed by atoms with van der Waals surface area (Å²) in [7, 11) is 0. The molecule has 1 saturated heterocycles. The van der Waals surface area contributed by atoms with Crippen molar-refractivity contribution >= 4 is 0 Å². The Kier molecular flexibility index (Phi) is 5.68. The Balaban J connectivity index is 3.52. The molecule has 0 aromatic carbocycles. The van der Waals surface area contributed by atoms with E-state index in [0.29, 0.717) is 0 Å². The third kappa shape index (κ3) is 3.37. The van der Waals surface area contributed by atoms with Gasteiger partial charge in [0.05, 0.1) is 12.7 Å². The largest absolute Gasteiger partial charge is 0.460 e. The van der Waals surface area contributed by atoms with Crippen LogP contribution in [0.2, 0.25) is 0 Å². The van der Waals surface area contributed by atoms with E-state index in [1.54, 1.807) is 0 Å². The fraction of sp³-hybridized carbons (Fsp3) is 1.00. The minimum atomic E-state index is -8.59. The Morgan fingerprint density at radius 3 is 1.03 bits per heavy atom. The average Bonchev–Trinajstić information content (AvgIpc) is 3.27. The van der Waals surface area contributed by atoms with Crippen molar-refractivity contribution in [3.05, 3.63) is 0 Å². The van der Waals surface area contributed by atoms with Gasteiger partial charge in [0.15, 0.2) is 0 Å². The first kappa shape index (κ1) is 25.8. The highest BCUT2D eigenvalue weighted by Gasteiger charge is 2.95. The zero-order valence-electron chi connectivity index (χ0n) is 12.8. The third-order valence-corrected chi connectivity index (χ3v) is 3.67. The van der Waals surface area contributed by atoms with Gasteiger partial charge in [0.2, 0.25) is 0 Å². The zero-order valence-corrected chi connectivity index (χ0v) is 12.8. The summed E-state index contributed by atoms with van der Waals surface area (Å²) >= 11 is 0. The maximum atomic E-state index is 13.3. The summed E-state index contributed by atoms with van der Waals surface area (Å²) in [6, 6.07) is 0. The second kappa shape index (κ2) is 6.38. The van der Waals surface area contributed by atoms with Crippen molar-refractivity contribution in [3.63, 3.8) is 0 Å². The lowest BCUT2D eigenvalue weighted by atomic mass is 9.88. The summed E-state index contributed by atoms with van der Waals surface area (Å²) in [5, 5.41) is 0. The van der Waals surface area contributed by atoms with E-state index in [2.05, 4.69) is 4.74 Å². The number of alkyl halides is 17. The van der Waals surface area contributed by atoms with Crippen molar-refractivity contribution in [2.45, 2.75) is 60.2 Å². The predicted molar refractivity (Wildman–Crippen MR) is 55.0 cm³/mol. The van der Waals surface area contributed by atoms with Crippen molar-refractivity contribution < 1.29 is 79.4 Å². The summed E-state index contributed by atoms with van der Waals surface area (Å²) in [5.41, 5.74) is 0. The molecule has 0 aliphatic carbocycles. The highest BCUT2D eigenvalue weighted by atomic mass is 19.4. The monoisotopic (exact) mass is 476 g/mol. The lowest BCUT2D eigenvalue weighted by molar-refractivity contribution is -0.461. The highest BCUT2D eigenvalue weighted by Crippen LogP contribution is 2.64. The zero-order chi connectivity index (χ0) is 23.7. The molecule has 0 spiro atoms. The second-order valence-electron chi connectivity index (χ2n) is 5.81. The van der Waals surface area contributed by atoms with Crippen LogP contribution in [0.4, 0.5) is 74.6 Å². The molecule has 18 heteroatoms. The topological polar surface area (TPSA) is 12.5 Å². The van der Waals surface area contributed by atoms with Crippen molar-refractivity contribution in [2.24, 2.45) is 0 Å². The number of rotatable bonds is 8. The molecule has 1 aliphatic heterocycles. The molecule has 0 unspecified atom stereocenters. The molecular weight excluding hydrogens is 471 g/mol. The minimum Gasteiger partial charge on any atom is -0.373 e. The van der Waals surface area contributed by atoms with E-state index in [4.69, 9.17) is 0 Å². The van der Waals surface area contributed by atoms with E-state index in [1.165, 1.54) is 0 Å². The van der Waals surface area contributed by atoms with Gasteiger partial charge in [0.1, 0.15) is 0 Å². The third-order valence-electron chi connectivity index (χ3n) is 3.67. The van der Waals surface area contributed by atoms with Gasteiger partial charge in [-0.3, -0.25) is 0 Å². The SMILES string of the molecule is FC(F)(F)C(F)(F)C(F)(F)C(F)(F)C(F)(F)C(F)(F)C(F)(F)C(F)(F)C[C@H]1CO1. The molecule has 1 aliphatic rings. The van der Waals surface area contributed by atoms with Gasteiger partial charge in [-0.25, -0.2) is 0 Å². The molecule has 0 N–H and O–H groups in total. The summed E-state index contributed by atoms with van der Waals surface area (Å²) in [6.07, 6.45) is -12.2. The first-order valence-electron chi connectivity index (χ1n) is 6.66. The van der Waals surface area contributed by atoms with Gasteiger partial charge in [-0.15, -0.1) is 0 Å². The van der Waals surface area contributed by atoms with Crippen LogP contribution in [-0.4, -0.2) is 60.3 Å². The van der Waals surface area contributed by atoms with Crippen molar-refractivity contribution in [1.29, 1.82) is 0 Å². The molecule has 0 radical (unpaired) electrons. The molecule has 1 heterocycles. The molecule has 1 atom stereocenters. The molecule has 1 fully saturated rings. The molecule has 0 bridgehead atoms. The van der Waals surface area contributed by atoms with E-state index in [0.717, 1.165) is 0 Å². The molecule has 1 nitrogen and oxygen atoms in total. The van der Waals surface area contributed by atoms with Crippen molar-refractivity contribution in [2.75, 3.05) is 6.61 Å². The van der Waals surface area contributed by atoms with Crippen LogP contribution in [0, 0.1) is 0 Å². The van der Waals surface area contributed by atoms with Crippen LogP contribution in [0.1, 0.15) is 6.42 Å². The maximum absolute atomic E-state index is 13.3. The lowest BCUT2D eigenvalue weighted by Gasteiger charge is -2.42. The highest BCUT2D eigenvalue weighted by molar-refractivity contribution is 5.15. The first-order chi connectivity index (χ1) is 12.3. The Hall–Kier alpha value is -1.23. The first-order valence-corrected chi connectivity index (χ1v) is 6.66. The maximum Gasteiger partial charge on any atom is 0.460 e. The predicted octanol–water partition coefficient (Wildman–Crippen LogP) is 5.78. The van der Waals surface area contributed by atoms with E-state index in [9.17, 15) is 74.6 Å². The van der Waals surface area contributed by atoms with E-state index in [1.807, 2.05) is 0 Å². The van der Waals surface area contributed by atoms with Gasteiger partial charge in [-0.05, 0) is 0 Å². The quantitative estimate of drug-likeness (QED) is 0.320. The normalized spacial score (nSPS) is 20.8. The Morgan fingerprint density at radius 2 is 0.759 bits per heavy atom. The van der Waals surface area contributed by atoms with Crippen LogP contribution in [0.15, 0.2) is 0 Å². The van der Waals surface area contributed by atoms with Crippen molar-refractivity contribution in [3.8, 4) is 0 Å². The van der Waals surface area contributed by atoms with Crippen LogP contribution >= 0.6 is 0 Å². The van der Waals surface area contributed by atoms with E-state index >= 15 is 0 Å². The van der Waals surface area contributed by atoms with Crippen LogP contribution in [0.3, 0.4) is 0 Å². The van der Waals surface area contributed by atoms with Crippen LogP contribution < -0.4 is 0 Å². The van der Waals surface area contributed by atoms with Gasteiger partial charge in [0.25, 0.3) is 0 Å². The van der Waals surface area contributed by atoms with Gasteiger partial charge >= 0.3 is 47.6 Å². The van der Waals surface area contributed by atoms with Crippen LogP contribution in [-0.2, 0) is 4.74 Å². The second-order valence-corrected chi connectivity index (χ2v) is 5.81. The standard InChI is InChI=1S/C11H5F17O/c12-4(13,1-3-2-29-3)5(14,15)6(16,17)7(18,19)8(20,21)9(22,23)10(24,25)11(26,27)28/h3H,1-2H2/t3-/m0/s1. The molecule has 0 aromatic rings. The number of epoxide rings is 1. The number of ether oxygens (including phenoxy) is 1. The fourth-order valence-corrected chi connectivity index (χ4v) is 1.80. The molecular formula is C11H5F17O. The molecule has 0 saturated carbocycles. The molecule has 0 amide bonds. The van der Waals surface area contributed by atoms with Gasteiger partial charge in [0, 0.05) is 6.42 Å². The average molecular weight is 476 g/mol. The summed E-state index contributed by atoms with van der Waals surface area (Å²) in [4.78, 5) is 0. The lowest BCUT2D eigenvalue weighted by Crippen LogP contribution is -2.74. The fourth-order valence-electron chi connectivity index (χ4n) is 1.80. The molecule has 174 valence electrons. The number of halogens is 17. The van der Waals surface area contributed by atoms with Crippen LogP contribution in [0.5, 0.6) is 0 Å². The number of hydrogen-bond donors (Lipinski definition) is 0.